The lowest BCUT2D eigenvalue weighted by Gasteiger charge is -2.13. The predicted octanol–water partition coefficient (Wildman–Crippen LogP) is 2.16. The second kappa shape index (κ2) is 6.47. The fourth-order valence-corrected chi connectivity index (χ4v) is 1.86. The molecule has 0 aliphatic carbocycles. The summed E-state index contributed by atoms with van der Waals surface area (Å²) < 4.78 is 4.75. The van der Waals surface area contributed by atoms with Gasteiger partial charge in [0.2, 0.25) is 6.08 Å². The Kier molecular flexibility index (Phi) is 4.46. The van der Waals surface area contributed by atoms with E-state index in [4.69, 9.17) is 16.2 Å². The molecule has 0 heterocycles. The summed E-state index contributed by atoms with van der Waals surface area (Å²) in [5.41, 5.74) is 13.3. The Bertz CT molecular complexity index is 674. The molecule has 6 nitrogen and oxygen atoms in total. The molecule has 0 fully saturated rings. The number of amides is 1. The van der Waals surface area contributed by atoms with Gasteiger partial charge < -0.3 is 16.2 Å². The van der Waals surface area contributed by atoms with E-state index < -0.39 is 6.09 Å². The van der Waals surface area contributed by atoms with Crippen molar-refractivity contribution in [1.82, 2.24) is 0 Å². The molecule has 0 saturated carbocycles. The number of benzene rings is 2. The van der Waals surface area contributed by atoms with Crippen molar-refractivity contribution in [3.05, 3.63) is 59.7 Å². The van der Waals surface area contributed by atoms with Crippen molar-refractivity contribution in [3.8, 4) is 5.75 Å². The van der Waals surface area contributed by atoms with Crippen LogP contribution in [0.1, 0.15) is 17.2 Å². The summed E-state index contributed by atoms with van der Waals surface area (Å²) >= 11 is 0. The zero-order valence-electron chi connectivity index (χ0n) is 11.0. The number of rotatable bonds is 4. The molecule has 0 spiro atoms. The van der Waals surface area contributed by atoms with E-state index in [1.807, 2.05) is 0 Å². The second-order valence-corrected chi connectivity index (χ2v) is 4.26. The molecule has 0 aliphatic rings. The van der Waals surface area contributed by atoms with E-state index >= 15 is 0 Å². The molecule has 0 aliphatic heterocycles. The van der Waals surface area contributed by atoms with Gasteiger partial charge in [0.05, 0.1) is 11.7 Å². The third kappa shape index (κ3) is 3.76. The number of carbonyl (C=O) groups is 1. The summed E-state index contributed by atoms with van der Waals surface area (Å²) in [6.07, 6.45) is 0.616. The highest BCUT2D eigenvalue weighted by molar-refractivity contribution is 5.68. The molecule has 2 rings (SSSR count). The quantitative estimate of drug-likeness (QED) is 0.662. The monoisotopic (exact) mass is 283 g/mol. The Morgan fingerprint density at radius 2 is 1.57 bits per heavy atom. The van der Waals surface area contributed by atoms with Gasteiger partial charge in [-0.2, -0.15) is 4.99 Å². The number of carbonyl (C=O) groups excluding carboxylic acids is 2. The van der Waals surface area contributed by atoms with Crippen LogP contribution in [0, 0.1) is 0 Å². The smallest absolute Gasteiger partial charge is 0.409 e. The fourth-order valence-electron chi connectivity index (χ4n) is 1.86. The van der Waals surface area contributed by atoms with Crippen LogP contribution in [-0.4, -0.2) is 12.2 Å². The number of primary amides is 1. The van der Waals surface area contributed by atoms with Crippen LogP contribution < -0.4 is 16.2 Å². The molecule has 4 N–H and O–H groups in total. The summed E-state index contributed by atoms with van der Waals surface area (Å²) in [5.74, 6) is 0.356. The van der Waals surface area contributed by atoms with E-state index in [9.17, 15) is 9.59 Å². The van der Waals surface area contributed by atoms with Crippen LogP contribution >= 0.6 is 0 Å². The van der Waals surface area contributed by atoms with Crippen LogP contribution in [0.3, 0.4) is 0 Å². The average Bonchev–Trinajstić information content (AvgIpc) is 2.48. The standard InChI is InChI=1S/C15H13N3O3/c16-14(10-1-5-12(6-2-10)18-9-19)11-3-7-13(8-4-11)21-15(17)20/h1-8,14H,16H2,(H2,17,20). The van der Waals surface area contributed by atoms with E-state index in [1.165, 1.54) is 6.08 Å². The first-order chi connectivity index (χ1) is 10.1. The largest absolute Gasteiger partial charge is 0.411 e. The number of hydrogen-bond acceptors (Lipinski definition) is 5. The Labute approximate surface area is 121 Å². The molecular weight excluding hydrogens is 270 g/mol. The van der Waals surface area contributed by atoms with E-state index in [0.29, 0.717) is 11.4 Å². The van der Waals surface area contributed by atoms with Crippen molar-refractivity contribution < 1.29 is 14.3 Å². The van der Waals surface area contributed by atoms with Crippen LogP contribution in [0.4, 0.5) is 10.5 Å². The van der Waals surface area contributed by atoms with Crippen molar-refractivity contribution in [3.63, 3.8) is 0 Å². The molecule has 1 amide bonds. The molecule has 2 aromatic carbocycles. The Morgan fingerprint density at radius 3 is 2.05 bits per heavy atom. The van der Waals surface area contributed by atoms with Gasteiger partial charge >= 0.3 is 6.09 Å². The van der Waals surface area contributed by atoms with E-state index in [2.05, 4.69) is 4.99 Å². The first-order valence-electron chi connectivity index (χ1n) is 6.11. The van der Waals surface area contributed by atoms with Gasteiger partial charge in [-0.15, -0.1) is 0 Å². The second-order valence-electron chi connectivity index (χ2n) is 4.26. The molecule has 0 bridgehead atoms. The molecule has 6 heteroatoms. The summed E-state index contributed by atoms with van der Waals surface area (Å²) in [7, 11) is 0. The third-order valence-electron chi connectivity index (χ3n) is 2.88. The molecule has 1 unspecified atom stereocenters. The van der Waals surface area contributed by atoms with E-state index in [0.717, 1.165) is 11.1 Å². The summed E-state index contributed by atoms with van der Waals surface area (Å²) in [6.45, 7) is 0. The lowest BCUT2D eigenvalue weighted by atomic mass is 9.99. The maximum Gasteiger partial charge on any atom is 0.409 e. The molecule has 0 radical (unpaired) electrons. The Hall–Kier alpha value is -2.95. The van der Waals surface area contributed by atoms with Crippen molar-refractivity contribution in [2.75, 3.05) is 0 Å². The highest BCUT2D eigenvalue weighted by atomic mass is 16.5. The number of nitrogens with two attached hydrogens (primary N) is 2. The summed E-state index contributed by atoms with van der Waals surface area (Å²) in [5, 5.41) is 0. The molecule has 1 atom stereocenters. The third-order valence-corrected chi connectivity index (χ3v) is 2.88. The fraction of sp³-hybridized carbons (Fsp3) is 0.0667. The molecular formula is C15H13N3O3. The van der Waals surface area contributed by atoms with Crippen molar-refractivity contribution in [2.45, 2.75) is 6.04 Å². The van der Waals surface area contributed by atoms with Crippen LogP contribution in [0.15, 0.2) is 53.5 Å². The lowest BCUT2D eigenvalue weighted by molar-refractivity contribution is 0.211. The zero-order valence-corrected chi connectivity index (χ0v) is 11.0. The van der Waals surface area contributed by atoms with Crippen molar-refractivity contribution in [2.24, 2.45) is 16.5 Å². The summed E-state index contributed by atoms with van der Waals surface area (Å²) in [4.78, 5) is 24.3. The zero-order chi connectivity index (χ0) is 15.2. The average molecular weight is 283 g/mol. The number of ether oxygens (including phenoxy) is 1. The van der Waals surface area contributed by atoms with E-state index in [1.54, 1.807) is 48.5 Å². The minimum absolute atomic E-state index is 0.345. The van der Waals surface area contributed by atoms with Gasteiger partial charge in [-0.1, -0.05) is 24.3 Å². The number of hydrogen-bond donors (Lipinski definition) is 2. The van der Waals surface area contributed by atoms with Crippen molar-refractivity contribution in [1.29, 1.82) is 0 Å². The maximum atomic E-state index is 10.6. The van der Waals surface area contributed by atoms with Crippen LogP contribution in [0.5, 0.6) is 5.75 Å². The normalized spacial score (nSPS) is 11.3. The number of aliphatic imine (C=N–C) groups is 1. The van der Waals surface area contributed by atoms with Crippen LogP contribution in [0.2, 0.25) is 0 Å². The maximum absolute atomic E-state index is 10.6. The predicted molar refractivity (Wildman–Crippen MR) is 76.9 cm³/mol. The van der Waals surface area contributed by atoms with Gasteiger partial charge in [0.25, 0.3) is 0 Å². The molecule has 0 saturated heterocycles. The van der Waals surface area contributed by atoms with Gasteiger partial charge in [-0.25, -0.2) is 9.59 Å². The van der Waals surface area contributed by atoms with Crippen LogP contribution in [-0.2, 0) is 4.79 Å². The molecule has 2 aromatic rings. The highest BCUT2D eigenvalue weighted by Gasteiger charge is 2.09. The number of isocyanates is 1. The number of nitrogens with zero attached hydrogens (tertiary/aromatic N) is 1. The SMILES string of the molecule is NC(=O)Oc1ccc(C(N)c2ccc(N=C=O)cc2)cc1. The minimum Gasteiger partial charge on any atom is -0.411 e. The van der Waals surface area contributed by atoms with Gasteiger partial charge in [-0.05, 0) is 35.4 Å². The van der Waals surface area contributed by atoms with Gasteiger partial charge in [-0.3, -0.25) is 0 Å². The van der Waals surface area contributed by atoms with Gasteiger partial charge in [0.1, 0.15) is 5.75 Å². The molecule has 21 heavy (non-hydrogen) atoms. The van der Waals surface area contributed by atoms with Gasteiger partial charge in [0, 0.05) is 0 Å². The molecule has 0 aromatic heterocycles. The van der Waals surface area contributed by atoms with Crippen molar-refractivity contribution >= 4 is 17.9 Å². The molecule has 106 valence electrons. The Balaban J connectivity index is 2.17. The van der Waals surface area contributed by atoms with E-state index in [-0.39, 0.29) is 6.04 Å². The Morgan fingerprint density at radius 1 is 1.05 bits per heavy atom. The lowest BCUT2D eigenvalue weighted by Crippen LogP contribution is -2.16. The highest BCUT2D eigenvalue weighted by Crippen LogP contribution is 2.23. The topological polar surface area (TPSA) is 108 Å². The van der Waals surface area contributed by atoms with Crippen LogP contribution in [0.25, 0.3) is 0 Å². The van der Waals surface area contributed by atoms with Gasteiger partial charge in [0.15, 0.2) is 0 Å². The minimum atomic E-state index is -0.863. The summed E-state index contributed by atoms with van der Waals surface area (Å²) in [6, 6.07) is 13.3. The first kappa shape index (κ1) is 14.5. The first-order valence-corrected chi connectivity index (χ1v) is 6.11.